The molecule has 1 atom stereocenters. The summed E-state index contributed by atoms with van der Waals surface area (Å²) in [4.78, 5) is 4.33. The van der Waals surface area contributed by atoms with Gasteiger partial charge in [-0.2, -0.15) is 0 Å². The lowest BCUT2D eigenvalue weighted by Gasteiger charge is -2.14. The molecule has 25 heavy (non-hydrogen) atoms. The second-order valence-electron chi connectivity index (χ2n) is 5.01. The Labute approximate surface area is 176 Å². The summed E-state index contributed by atoms with van der Waals surface area (Å²) < 4.78 is 10.5. The first-order chi connectivity index (χ1) is 11.6. The van der Waals surface area contributed by atoms with Gasteiger partial charge in [-0.25, -0.2) is 0 Å². The molecule has 0 saturated carbocycles. The number of hydrogen-bond donors (Lipinski definition) is 3. The fourth-order valence-corrected chi connectivity index (χ4v) is 2.14. The topological polar surface area (TPSA) is 75.1 Å². The van der Waals surface area contributed by atoms with Gasteiger partial charge >= 0.3 is 0 Å². The minimum Gasteiger partial charge on any atom is -0.489 e. The fourth-order valence-electron chi connectivity index (χ4n) is 1.80. The van der Waals surface area contributed by atoms with Crippen molar-refractivity contribution in [3.8, 4) is 5.75 Å². The summed E-state index contributed by atoms with van der Waals surface area (Å²) in [6, 6.07) is 5.11. The third-order valence-electron chi connectivity index (χ3n) is 2.97. The molecule has 1 rings (SSSR count). The highest BCUT2D eigenvalue weighted by Crippen LogP contribution is 2.31. The molecule has 0 saturated heterocycles. The van der Waals surface area contributed by atoms with Gasteiger partial charge in [-0.15, -0.1) is 24.0 Å². The molecule has 0 radical (unpaired) electrons. The molecule has 0 fully saturated rings. The number of ether oxygens (including phenoxy) is 2. The van der Waals surface area contributed by atoms with E-state index in [1.165, 1.54) is 0 Å². The Bertz CT molecular complexity index is 521. The van der Waals surface area contributed by atoms with Crippen molar-refractivity contribution in [3.63, 3.8) is 0 Å². The van der Waals surface area contributed by atoms with Gasteiger partial charge in [0.2, 0.25) is 0 Å². The average Bonchev–Trinajstić information content (AvgIpc) is 2.57. The fraction of sp³-hybridized carbons (Fsp3) is 0.562. The van der Waals surface area contributed by atoms with Crippen molar-refractivity contribution in [2.24, 2.45) is 4.99 Å². The van der Waals surface area contributed by atoms with Crippen molar-refractivity contribution < 1.29 is 14.6 Å². The number of aliphatic hydroxyl groups excluding tert-OH is 1. The second-order valence-corrected chi connectivity index (χ2v) is 5.79. The van der Waals surface area contributed by atoms with E-state index in [0.717, 1.165) is 19.5 Å². The molecule has 0 aliphatic rings. The molecule has 0 bridgehead atoms. The number of nitrogens with one attached hydrogen (secondary N) is 2. The third kappa shape index (κ3) is 10.3. The third-order valence-corrected chi connectivity index (χ3v) is 3.77. The van der Waals surface area contributed by atoms with E-state index in [4.69, 9.17) is 32.7 Å². The van der Waals surface area contributed by atoms with Crippen LogP contribution in [0.15, 0.2) is 23.2 Å². The predicted octanol–water partition coefficient (Wildman–Crippen LogP) is 2.94. The Morgan fingerprint density at radius 1 is 1.32 bits per heavy atom. The van der Waals surface area contributed by atoms with E-state index in [1.807, 2.05) is 6.92 Å². The number of hydrogen-bond acceptors (Lipinski definition) is 4. The van der Waals surface area contributed by atoms with Gasteiger partial charge in [0.15, 0.2) is 5.96 Å². The minimum absolute atomic E-state index is 0. The lowest BCUT2D eigenvalue weighted by Crippen LogP contribution is -2.39. The van der Waals surface area contributed by atoms with Crippen LogP contribution in [0.25, 0.3) is 0 Å². The van der Waals surface area contributed by atoms with Crippen LogP contribution in [0.4, 0.5) is 0 Å². The van der Waals surface area contributed by atoms with E-state index in [0.29, 0.717) is 28.4 Å². The average molecular weight is 506 g/mol. The van der Waals surface area contributed by atoms with Crippen molar-refractivity contribution in [3.05, 3.63) is 28.2 Å². The molecule has 1 unspecified atom stereocenters. The van der Waals surface area contributed by atoms with Crippen LogP contribution in [0.5, 0.6) is 5.75 Å². The number of aliphatic imine (C=N–C) groups is 1. The number of rotatable bonds is 10. The van der Waals surface area contributed by atoms with Crippen LogP contribution in [0.1, 0.15) is 13.3 Å². The zero-order valence-electron chi connectivity index (χ0n) is 14.4. The molecule has 0 aliphatic heterocycles. The summed E-state index contributed by atoms with van der Waals surface area (Å²) in [6.45, 7) is 4.42. The predicted molar refractivity (Wildman–Crippen MR) is 114 cm³/mol. The summed E-state index contributed by atoms with van der Waals surface area (Å²) in [7, 11) is 1.67. The molecule has 6 nitrogen and oxygen atoms in total. The van der Waals surface area contributed by atoms with Crippen LogP contribution in [0.3, 0.4) is 0 Å². The SMILES string of the molecule is CCNC(=NCC(O)COc1cccc(Cl)c1Cl)NCCCOC.I. The number of aliphatic hydroxyl groups is 1. The van der Waals surface area contributed by atoms with Gasteiger partial charge in [0.05, 0.1) is 11.6 Å². The van der Waals surface area contributed by atoms with Crippen molar-refractivity contribution in [1.29, 1.82) is 0 Å². The number of nitrogens with zero attached hydrogens (tertiary/aromatic N) is 1. The molecule has 0 aliphatic carbocycles. The van der Waals surface area contributed by atoms with Crippen LogP contribution in [-0.2, 0) is 4.74 Å². The van der Waals surface area contributed by atoms with E-state index < -0.39 is 6.10 Å². The van der Waals surface area contributed by atoms with E-state index in [-0.39, 0.29) is 37.1 Å². The molecule has 0 spiro atoms. The molecule has 1 aromatic rings. The molecule has 9 heteroatoms. The normalized spacial score (nSPS) is 12.3. The van der Waals surface area contributed by atoms with E-state index >= 15 is 0 Å². The van der Waals surface area contributed by atoms with E-state index in [2.05, 4.69) is 15.6 Å². The van der Waals surface area contributed by atoms with Crippen molar-refractivity contribution in [1.82, 2.24) is 10.6 Å². The summed E-state index contributed by atoms with van der Waals surface area (Å²) in [6.07, 6.45) is 0.120. The molecule has 1 aromatic carbocycles. The largest absolute Gasteiger partial charge is 0.489 e. The molecule has 0 amide bonds. The zero-order chi connectivity index (χ0) is 17.8. The van der Waals surface area contributed by atoms with Crippen LogP contribution in [0.2, 0.25) is 10.0 Å². The Morgan fingerprint density at radius 2 is 2.08 bits per heavy atom. The zero-order valence-corrected chi connectivity index (χ0v) is 18.3. The van der Waals surface area contributed by atoms with E-state index in [9.17, 15) is 5.11 Å². The van der Waals surface area contributed by atoms with Gasteiger partial charge in [0.25, 0.3) is 0 Å². The Hall–Kier alpha value is -0.480. The quantitative estimate of drug-likeness (QED) is 0.197. The maximum atomic E-state index is 10.0. The van der Waals surface area contributed by atoms with Crippen LogP contribution in [0, 0.1) is 0 Å². The number of benzene rings is 1. The first-order valence-corrected chi connectivity index (χ1v) is 8.60. The van der Waals surface area contributed by atoms with E-state index in [1.54, 1.807) is 25.3 Å². The number of halogens is 3. The van der Waals surface area contributed by atoms with Crippen LogP contribution in [-0.4, -0.2) is 57.1 Å². The lowest BCUT2D eigenvalue weighted by molar-refractivity contribution is 0.114. The summed E-state index contributed by atoms with van der Waals surface area (Å²) >= 11 is 11.9. The summed E-state index contributed by atoms with van der Waals surface area (Å²) in [5.74, 6) is 1.09. The van der Waals surface area contributed by atoms with Gasteiger partial charge in [-0.3, -0.25) is 4.99 Å². The number of guanidine groups is 1. The highest BCUT2D eigenvalue weighted by molar-refractivity contribution is 14.0. The molecule has 3 N–H and O–H groups in total. The lowest BCUT2D eigenvalue weighted by atomic mass is 10.3. The van der Waals surface area contributed by atoms with Crippen molar-refractivity contribution in [2.75, 3.05) is 40.0 Å². The van der Waals surface area contributed by atoms with Gasteiger partial charge < -0.3 is 25.2 Å². The Morgan fingerprint density at radius 3 is 2.76 bits per heavy atom. The van der Waals surface area contributed by atoms with Crippen molar-refractivity contribution in [2.45, 2.75) is 19.4 Å². The minimum atomic E-state index is -0.755. The molecular weight excluding hydrogens is 480 g/mol. The molecule has 0 aromatic heterocycles. The summed E-state index contributed by atoms with van der Waals surface area (Å²) in [5.41, 5.74) is 0. The monoisotopic (exact) mass is 505 g/mol. The summed E-state index contributed by atoms with van der Waals surface area (Å²) in [5, 5.41) is 17.0. The molecule has 144 valence electrons. The van der Waals surface area contributed by atoms with Gasteiger partial charge in [0.1, 0.15) is 23.5 Å². The van der Waals surface area contributed by atoms with Crippen LogP contribution >= 0.6 is 47.2 Å². The standard InChI is InChI=1S/C16H25Cl2N3O3.HI/c1-3-19-16(20-8-5-9-23-2)21-10-12(22)11-24-14-7-4-6-13(17)15(14)18;/h4,6-7,12,22H,3,5,8-11H2,1-2H3,(H2,19,20,21);1H. The highest BCUT2D eigenvalue weighted by Gasteiger charge is 2.09. The first-order valence-electron chi connectivity index (χ1n) is 7.84. The maximum absolute atomic E-state index is 10.0. The first kappa shape index (κ1) is 24.5. The second kappa shape index (κ2) is 14.7. The maximum Gasteiger partial charge on any atom is 0.191 e. The Balaban J connectivity index is 0.00000576. The smallest absolute Gasteiger partial charge is 0.191 e. The van der Waals surface area contributed by atoms with Gasteiger partial charge in [-0.05, 0) is 25.5 Å². The highest BCUT2D eigenvalue weighted by atomic mass is 127. The molecule has 0 heterocycles. The Kier molecular flexibility index (Phi) is 14.4. The molecular formula is C16H26Cl2IN3O3. The van der Waals surface area contributed by atoms with Crippen molar-refractivity contribution >= 4 is 53.1 Å². The number of methoxy groups -OCH3 is 1. The van der Waals surface area contributed by atoms with Gasteiger partial charge in [-0.1, -0.05) is 29.3 Å². The van der Waals surface area contributed by atoms with Crippen LogP contribution < -0.4 is 15.4 Å². The van der Waals surface area contributed by atoms with Gasteiger partial charge in [0, 0.05) is 26.8 Å².